The molecule has 1 aromatic carbocycles. The Morgan fingerprint density at radius 2 is 1.95 bits per heavy atom. The number of nitrogens with one attached hydrogen (secondary N) is 2. The van der Waals surface area contributed by atoms with Crippen LogP contribution in [0.15, 0.2) is 24.3 Å². The van der Waals surface area contributed by atoms with Crippen LogP contribution in [0.1, 0.15) is 24.8 Å². The van der Waals surface area contributed by atoms with E-state index in [0.717, 1.165) is 18.4 Å². The molecule has 0 aliphatic carbocycles. The molecule has 0 aromatic heterocycles. The summed E-state index contributed by atoms with van der Waals surface area (Å²) in [6, 6.07) is 7.12. The predicted octanol–water partition coefficient (Wildman–Crippen LogP) is 2.00. The molecule has 0 radical (unpaired) electrons. The van der Waals surface area contributed by atoms with Gasteiger partial charge >= 0.3 is 12.0 Å². The van der Waals surface area contributed by atoms with Crippen molar-refractivity contribution in [2.75, 3.05) is 18.5 Å². The fourth-order valence-electron chi connectivity index (χ4n) is 2.29. The number of hydrogen-bond acceptors (Lipinski definition) is 3. The van der Waals surface area contributed by atoms with E-state index >= 15 is 0 Å². The van der Waals surface area contributed by atoms with Crippen molar-refractivity contribution >= 4 is 17.7 Å². The molecule has 6 nitrogen and oxygen atoms in total. The number of carbonyl (C=O) groups is 2. The molecule has 0 bridgehead atoms. The molecule has 21 heavy (non-hydrogen) atoms. The number of para-hydroxylation sites is 1. The third-order valence-corrected chi connectivity index (χ3v) is 3.43. The molecule has 0 saturated carbocycles. The molecule has 0 spiro atoms. The van der Waals surface area contributed by atoms with E-state index in [1.165, 1.54) is 0 Å². The topological polar surface area (TPSA) is 87.7 Å². The third kappa shape index (κ3) is 5.07. The standard InChI is InChI=1S/C15H20N2O4/c18-14(19)6-5-11-3-1-2-4-13(11)17-15(20)16-12-7-9-21-10-8-12/h1-4,12H,5-10H2,(H,18,19)(H2,16,17,20). The lowest BCUT2D eigenvalue weighted by Crippen LogP contribution is -2.41. The molecule has 114 valence electrons. The fourth-order valence-corrected chi connectivity index (χ4v) is 2.29. The Kier molecular flexibility index (Phi) is 5.57. The highest BCUT2D eigenvalue weighted by atomic mass is 16.5. The van der Waals surface area contributed by atoms with E-state index in [-0.39, 0.29) is 18.5 Å². The molecule has 0 atom stereocenters. The quantitative estimate of drug-likeness (QED) is 0.774. The van der Waals surface area contributed by atoms with Crippen LogP contribution in [0.4, 0.5) is 10.5 Å². The van der Waals surface area contributed by atoms with Crippen molar-refractivity contribution in [3.8, 4) is 0 Å². The molecule has 2 rings (SSSR count). The molecule has 1 fully saturated rings. The number of carboxylic acids is 1. The Morgan fingerprint density at radius 3 is 2.67 bits per heavy atom. The van der Waals surface area contributed by atoms with Crippen molar-refractivity contribution in [2.45, 2.75) is 31.7 Å². The van der Waals surface area contributed by atoms with E-state index in [2.05, 4.69) is 10.6 Å². The smallest absolute Gasteiger partial charge is 0.319 e. The number of rotatable bonds is 5. The summed E-state index contributed by atoms with van der Waals surface area (Å²) >= 11 is 0. The van der Waals surface area contributed by atoms with Crippen LogP contribution in [0, 0.1) is 0 Å². The fraction of sp³-hybridized carbons (Fsp3) is 0.467. The number of aryl methyl sites for hydroxylation is 1. The largest absolute Gasteiger partial charge is 0.481 e. The van der Waals surface area contributed by atoms with Crippen molar-refractivity contribution in [3.63, 3.8) is 0 Å². The molecule has 1 aromatic rings. The van der Waals surface area contributed by atoms with E-state index in [0.29, 0.717) is 25.3 Å². The highest BCUT2D eigenvalue weighted by Crippen LogP contribution is 2.17. The molecule has 2 amide bonds. The number of benzene rings is 1. The van der Waals surface area contributed by atoms with Gasteiger partial charge in [-0.3, -0.25) is 4.79 Å². The van der Waals surface area contributed by atoms with Crippen LogP contribution in [0.5, 0.6) is 0 Å². The average molecular weight is 292 g/mol. The Hall–Kier alpha value is -2.08. The van der Waals surface area contributed by atoms with Crippen LogP contribution in [0.2, 0.25) is 0 Å². The van der Waals surface area contributed by atoms with Gasteiger partial charge in [0.05, 0.1) is 0 Å². The zero-order chi connectivity index (χ0) is 15.1. The van der Waals surface area contributed by atoms with Crippen LogP contribution < -0.4 is 10.6 Å². The van der Waals surface area contributed by atoms with Gasteiger partial charge in [-0.2, -0.15) is 0 Å². The molecule has 6 heteroatoms. The summed E-state index contributed by atoms with van der Waals surface area (Å²) in [7, 11) is 0. The first-order valence-corrected chi connectivity index (χ1v) is 7.10. The molecule has 1 aliphatic heterocycles. The van der Waals surface area contributed by atoms with Gasteiger partial charge in [0.15, 0.2) is 0 Å². The Labute approximate surface area is 123 Å². The monoisotopic (exact) mass is 292 g/mol. The maximum atomic E-state index is 12.0. The minimum absolute atomic E-state index is 0.0419. The van der Waals surface area contributed by atoms with Crippen molar-refractivity contribution in [2.24, 2.45) is 0 Å². The van der Waals surface area contributed by atoms with Crippen LogP contribution in [0.25, 0.3) is 0 Å². The van der Waals surface area contributed by atoms with Gasteiger partial charge in [0.1, 0.15) is 0 Å². The SMILES string of the molecule is O=C(O)CCc1ccccc1NC(=O)NC1CCOCC1. The number of ether oxygens (including phenoxy) is 1. The number of carboxylic acid groups (broad SMARTS) is 1. The minimum Gasteiger partial charge on any atom is -0.481 e. The summed E-state index contributed by atoms with van der Waals surface area (Å²) in [5, 5.41) is 14.5. The third-order valence-electron chi connectivity index (χ3n) is 3.43. The maximum absolute atomic E-state index is 12.0. The van der Waals surface area contributed by atoms with Gasteiger partial charge in [0, 0.05) is 31.4 Å². The van der Waals surface area contributed by atoms with Crippen LogP contribution in [-0.2, 0) is 16.0 Å². The van der Waals surface area contributed by atoms with E-state index in [1.54, 1.807) is 6.07 Å². The first-order valence-electron chi connectivity index (χ1n) is 7.10. The second kappa shape index (κ2) is 7.64. The predicted molar refractivity (Wildman–Crippen MR) is 78.4 cm³/mol. The lowest BCUT2D eigenvalue weighted by molar-refractivity contribution is -0.136. The van der Waals surface area contributed by atoms with Crippen molar-refractivity contribution in [3.05, 3.63) is 29.8 Å². The van der Waals surface area contributed by atoms with Gasteiger partial charge in [-0.25, -0.2) is 4.79 Å². The lowest BCUT2D eigenvalue weighted by atomic mass is 10.1. The molecule has 3 N–H and O–H groups in total. The summed E-state index contributed by atoms with van der Waals surface area (Å²) in [5.41, 5.74) is 1.48. The highest BCUT2D eigenvalue weighted by Gasteiger charge is 2.16. The van der Waals surface area contributed by atoms with E-state index < -0.39 is 5.97 Å². The summed E-state index contributed by atoms with van der Waals surface area (Å²) in [6.07, 6.45) is 2.06. The van der Waals surface area contributed by atoms with Crippen LogP contribution in [0.3, 0.4) is 0 Å². The Bertz CT molecular complexity index is 498. The molecule has 1 aliphatic rings. The van der Waals surface area contributed by atoms with Gasteiger partial charge in [-0.15, -0.1) is 0 Å². The molecular weight excluding hydrogens is 272 g/mol. The number of amides is 2. The summed E-state index contributed by atoms with van der Waals surface area (Å²) < 4.78 is 5.25. The van der Waals surface area contributed by atoms with Gasteiger partial charge in [-0.1, -0.05) is 18.2 Å². The van der Waals surface area contributed by atoms with E-state index in [4.69, 9.17) is 9.84 Å². The van der Waals surface area contributed by atoms with Crippen molar-refractivity contribution in [1.29, 1.82) is 0 Å². The zero-order valence-electron chi connectivity index (χ0n) is 11.8. The zero-order valence-corrected chi connectivity index (χ0v) is 11.8. The number of aliphatic carboxylic acids is 1. The number of hydrogen-bond donors (Lipinski definition) is 3. The summed E-state index contributed by atoms with van der Waals surface area (Å²) in [5.74, 6) is -0.850. The Morgan fingerprint density at radius 1 is 1.24 bits per heavy atom. The van der Waals surface area contributed by atoms with Gasteiger partial charge in [0.25, 0.3) is 0 Å². The summed E-state index contributed by atoms with van der Waals surface area (Å²) in [6.45, 7) is 1.33. The average Bonchev–Trinajstić information content (AvgIpc) is 2.47. The van der Waals surface area contributed by atoms with E-state index in [9.17, 15) is 9.59 Å². The molecular formula is C15H20N2O4. The van der Waals surface area contributed by atoms with Gasteiger partial charge < -0.3 is 20.5 Å². The van der Waals surface area contributed by atoms with Crippen LogP contribution in [-0.4, -0.2) is 36.4 Å². The molecule has 1 heterocycles. The highest BCUT2D eigenvalue weighted by molar-refractivity contribution is 5.90. The number of urea groups is 1. The van der Waals surface area contributed by atoms with Crippen molar-refractivity contribution in [1.82, 2.24) is 5.32 Å². The first-order chi connectivity index (χ1) is 10.1. The minimum atomic E-state index is -0.850. The first kappa shape index (κ1) is 15.3. The summed E-state index contributed by atoms with van der Waals surface area (Å²) in [4.78, 5) is 22.6. The van der Waals surface area contributed by atoms with Gasteiger partial charge in [-0.05, 0) is 30.9 Å². The second-order valence-corrected chi connectivity index (χ2v) is 5.04. The Balaban J connectivity index is 1.91. The number of anilines is 1. The second-order valence-electron chi connectivity index (χ2n) is 5.04. The van der Waals surface area contributed by atoms with Crippen molar-refractivity contribution < 1.29 is 19.4 Å². The maximum Gasteiger partial charge on any atom is 0.319 e. The van der Waals surface area contributed by atoms with E-state index in [1.807, 2.05) is 18.2 Å². The van der Waals surface area contributed by atoms with Gasteiger partial charge in [0.2, 0.25) is 0 Å². The normalized spacial score (nSPS) is 15.4. The lowest BCUT2D eigenvalue weighted by Gasteiger charge is -2.23. The molecule has 1 saturated heterocycles. The van der Waals surface area contributed by atoms with Crippen LogP contribution >= 0.6 is 0 Å². The number of carbonyl (C=O) groups excluding carboxylic acids is 1. The molecule has 0 unspecified atom stereocenters.